The highest BCUT2D eigenvalue weighted by molar-refractivity contribution is 7.89. The standard InChI is InChI=1S/C19H21Cl2N3O5S/c1-4-24(5-2)30(27,28)13-7-6-12(3)15(10-13)22-17(25)11-29-19(26)18-14(20)8-9-16(21)23-18/h6-10H,4-5,11H2,1-3H3,(H,22,25). The van der Waals surface area contributed by atoms with Crippen LogP contribution in [0.4, 0.5) is 5.69 Å². The van der Waals surface area contributed by atoms with Crippen molar-refractivity contribution in [3.05, 3.63) is 51.8 Å². The summed E-state index contributed by atoms with van der Waals surface area (Å²) in [4.78, 5) is 28.1. The minimum absolute atomic E-state index is 0.0370. The van der Waals surface area contributed by atoms with E-state index in [9.17, 15) is 18.0 Å². The molecule has 0 aliphatic heterocycles. The van der Waals surface area contributed by atoms with Crippen LogP contribution in [0.5, 0.6) is 0 Å². The number of anilines is 1. The third kappa shape index (κ3) is 5.69. The lowest BCUT2D eigenvalue weighted by Crippen LogP contribution is -2.30. The average Bonchev–Trinajstić information content (AvgIpc) is 2.70. The van der Waals surface area contributed by atoms with Gasteiger partial charge in [0, 0.05) is 18.8 Å². The Balaban J connectivity index is 2.11. The van der Waals surface area contributed by atoms with E-state index in [1.165, 1.54) is 28.6 Å². The van der Waals surface area contributed by atoms with E-state index in [4.69, 9.17) is 27.9 Å². The van der Waals surface area contributed by atoms with E-state index in [2.05, 4.69) is 10.3 Å². The molecule has 0 saturated heterocycles. The number of nitrogens with zero attached hydrogens (tertiary/aromatic N) is 2. The molecule has 30 heavy (non-hydrogen) atoms. The Morgan fingerprint density at radius 3 is 2.43 bits per heavy atom. The van der Waals surface area contributed by atoms with Gasteiger partial charge < -0.3 is 10.1 Å². The van der Waals surface area contributed by atoms with Crippen molar-refractivity contribution in [2.24, 2.45) is 0 Å². The number of sulfonamides is 1. The summed E-state index contributed by atoms with van der Waals surface area (Å²) in [6.45, 7) is 5.23. The predicted molar refractivity (Wildman–Crippen MR) is 114 cm³/mol. The van der Waals surface area contributed by atoms with Gasteiger partial charge in [-0.25, -0.2) is 18.2 Å². The summed E-state index contributed by atoms with van der Waals surface area (Å²) in [5, 5.41) is 2.64. The van der Waals surface area contributed by atoms with Gasteiger partial charge in [-0.2, -0.15) is 4.31 Å². The molecule has 0 saturated carbocycles. The number of esters is 1. The van der Waals surface area contributed by atoms with E-state index in [1.54, 1.807) is 26.8 Å². The zero-order valence-corrected chi connectivity index (χ0v) is 18.9. The van der Waals surface area contributed by atoms with E-state index in [0.717, 1.165) is 0 Å². The van der Waals surface area contributed by atoms with Gasteiger partial charge in [0.1, 0.15) is 5.15 Å². The van der Waals surface area contributed by atoms with Crippen molar-refractivity contribution in [1.82, 2.24) is 9.29 Å². The van der Waals surface area contributed by atoms with Crippen LogP contribution in [0.1, 0.15) is 29.9 Å². The third-order valence-electron chi connectivity index (χ3n) is 4.17. The maximum atomic E-state index is 12.7. The van der Waals surface area contributed by atoms with Gasteiger partial charge in [-0.3, -0.25) is 4.79 Å². The fourth-order valence-electron chi connectivity index (χ4n) is 2.56. The number of aromatic nitrogens is 1. The molecule has 0 fully saturated rings. The lowest BCUT2D eigenvalue weighted by Gasteiger charge is -2.19. The lowest BCUT2D eigenvalue weighted by atomic mass is 10.2. The van der Waals surface area contributed by atoms with E-state index in [0.29, 0.717) is 24.3 Å². The number of pyridine rings is 1. The van der Waals surface area contributed by atoms with Crippen LogP contribution in [0.25, 0.3) is 0 Å². The van der Waals surface area contributed by atoms with Crippen LogP contribution in [0.3, 0.4) is 0 Å². The summed E-state index contributed by atoms with van der Waals surface area (Å²) in [5.74, 6) is -1.56. The van der Waals surface area contributed by atoms with Crippen molar-refractivity contribution < 1.29 is 22.7 Å². The minimum Gasteiger partial charge on any atom is -0.451 e. The number of carbonyl (C=O) groups is 2. The zero-order chi connectivity index (χ0) is 22.5. The van der Waals surface area contributed by atoms with E-state index < -0.39 is 28.5 Å². The normalized spacial score (nSPS) is 11.4. The summed E-state index contributed by atoms with van der Waals surface area (Å²) in [6, 6.07) is 7.24. The van der Waals surface area contributed by atoms with Gasteiger partial charge in [-0.05, 0) is 36.8 Å². The molecule has 1 heterocycles. The second kappa shape index (κ2) is 10.2. The number of rotatable bonds is 8. The van der Waals surface area contributed by atoms with Gasteiger partial charge in [0.15, 0.2) is 12.3 Å². The van der Waals surface area contributed by atoms with E-state index in [-0.39, 0.29) is 20.8 Å². The lowest BCUT2D eigenvalue weighted by molar-refractivity contribution is -0.119. The van der Waals surface area contributed by atoms with Gasteiger partial charge in [0.05, 0.1) is 9.92 Å². The average molecular weight is 474 g/mol. The first-order valence-electron chi connectivity index (χ1n) is 9.00. The molecule has 11 heteroatoms. The Morgan fingerprint density at radius 1 is 1.13 bits per heavy atom. The van der Waals surface area contributed by atoms with Crippen molar-refractivity contribution in [1.29, 1.82) is 0 Å². The van der Waals surface area contributed by atoms with Gasteiger partial charge in [0.25, 0.3) is 5.91 Å². The number of benzene rings is 1. The number of hydrogen-bond acceptors (Lipinski definition) is 6. The van der Waals surface area contributed by atoms with Gasteiger partial charge in [-0.15, -0.1) is 0 Å². The summed E-state index contributed by atoms with van der Waals surface area (Å²) < 4.78 is 31.6. The summed E-state index contributed by atoms with van der Waals surface area (Å²) in [5.41, 5.74) is 0.733. The summed E-state index contributed by atoms with van der Waals surface area (Å²) in [6.07, 6.45) is 0. The smallest absolute Gasteiger partial charge is 0.359 e. The van der Waals surface area contributed by atoms with Crippen molar-refractivity contribution in [2.75, 3.05) is 25.0 Å². The number of aryl methyl sites for hydroxylation is 1. The fraction of sp³-hybridized carbons (Fsp3) is 0.316. The molecular formula is C19H21Cl2N3O5S. The molecule has 0 atom stereocenters. The molecule has 0 radical (unpaired) electrons. The topological polar surface area (TPSA) is 106 Å². The molecule has 0 aliphatic rings. The van der Waals surface area contributed by atoms with Crippen molar-refractivity contribution >= 4 is 50.8 Å². The van der Waals surface area contributed by atoms with Crippen LogP contribution in [0.2, 0.25) is 10.2 Å². The molecule has 8 nitrogen and oxygen atoms in total. The van der Waals surface area contributed by atoms with Gasteiger partial charge >= 0.3 is 5.97 Å². The molecule has 0 unspecified atom stereocenters. The molecule has 1 amide bonds. The Bertz CT molecular complexity index is 1060. The molecule has 0 bridgehead atoms. The van der Waals surface area contributed by atoms with Gasteiger partial charge in [0.2, 0.25) is 10.0 Å². The molecule has 0 aliphatic carbocycles. The number of ether oxygens (including phenoxy) is 1. The van der Waals surface area contributed by atoms with E-state index in [1.807, 2.05) is 0 Å². The van der Waals surface area contributed by atoms with Crippen LogP contribution in [0.15, 0.2) is 35.2 Å². The Labute approximate surface area is 185 Å². The number of halogens is 2. The summed E-state index contributed by atoms with van der Waals surface area (Å²) in [7, 11) is -3.69. The number of hydrogen-bond donors (Lipinski definition) is 1. The van der Waals surface area contributed by atoms with Crippen LogP contribution in [-0.4, -0.2) is 49.3 Å². The Morgan fingerprint density at radius 2 is 1.80 bits per heavy atom. The molecule has 2 rings (SSSR count). The molecule has 0 spiro atoms. The second-order valence-corrected chi connectivity index (χ2v) is 8.89. The first kappa shape index (κ1) is 24.1. The second-order valence-electron chi connectivity index (χ2n) is 6.15. The molecule has 1 N–H and O–H groups in total. The molecule has 162 valence electrons. The first-order chi connectivity index (χ1) is 14.1. The van der Waals surface area contributed by atoms with Crippen LogP contribution in [-0.2, 0) is 19.6 Å². The molecule has 2 aromatic rings. The molecule has 1 aromatic heterocycles. The number of carbonyl (C=O) groups excluding carboxylic acids is 2. The maximum absolute atomic E-state index is 12.7. The Hall–Kier alpha value is -2.20. The number of amides is 1. The molecule has 1 aromatic carbocycles. The minimum atomic E-state index is -3.69. The third-order valence-corrected chi connectivity index (χ3v) is 6.73. The zero-order valence-electron chi connectivity index (χ0n) is 16.6. The van der Waals surface area contributed by atoms with Gasteiger partial charge in [-0.1, -0.05) is 43.1 Å². The van der Waals surface area contributed by atoms with Crippen LogP contribution >= 0.6 is 23.2 Å². The largest absolute Gasteiger partial charge is 0.451 e. The Kier molecular flexibility index (Phi) is 8.19. The summed E-state index contributed by atoms with van der Waals surface area (Å²) >= 11 is 11.6. The van der Waals surface area contributed by atoms with Crippen LogP contribution < -0.4 is 5.32 Å². The SMILES string of the molecule is CCN(CC)S(=O)(=O)c1ccc(C)c(NC(=O)COC(=O)c2nc(Cl)ccc2Cl)c1. The van der Waals surface area contributed by atoms with Crippen molar-refractivity contribution in [3.63, 3.8) is 0 Å². The highest BCUT2D eigenvalue weighted by Crippen LogP contribution is 2.23. The molecular weight excluding hydrogens is 453 g/mol. The highest BCUT2D eigenvalue weighted by atomic mass is 35.5. The monoisotopic (exact) mass is 473 g/mol. The van der Waals surface area contributed by atoms with Crippen LogP contribution in [0, 0.1) is 6.92 Å². The van der Waals surface area contributed by atoms with Crippen molar-refractivity contribution in [2.45, 2.75) is 25.7 Å². The fourth-order valence-corrected chi connectivity index (χ4v) is 4.37. The highest BCUT2D eigenvalue weighted by Gasteiger charge is 2.23. The maximum Gasteiger partial charge on any atom is 0.359 e. The first-order valence-corrected chi connectivity index (χ1v) is 11.2. The van der Waals surface area contributed by atoms with E-state index >= 15 is 0 Å². The van der Waals surface area contributed by atoms with Crippen molar-refractivity contribution in [3.8, 4) is 0 Å². The quantitative estimate of drug-likeness (QED) is 0.464. The number of nitrogens with one attached hydrogen (secondary N) is 1. The predicted octanol–water partition coefficient (Wildman–Crippen LogP) is 3.52.